The van der Waals surface area contributed by atoms with Crippen LogP contribution in [-0.4, -0.2) is 15.6 Å². The van der Waals surface area contributed by atoms with Gasteiger partial charge >= 0.3 is 0 Å². The highest BCUT2D eigenvalue weighted by atomic mass is 15.1. The molecule has 3 nitrogen and oxygen atoms in total. The van der Waals surface area contributed by atoms with E-state index in [0.717, 1.165) is 12.8 Å². The molecule has 1 aromatic heterocycles. The van der Waals surface area contributed by atoms with Crippen molar-refractivity contribution >= 4 is 0 Å². The topological polar surface area (TPSA) is 29.9 Å². The molecule has 2 atom stereocenters. The lowest BCUT2D eigenvalue weighted by atomic mass is 9.92. The number of rotatable bonds is 4. The Morgan fingerprint density at radius 1 is 1.39 bits per heavy atom. The number of hydrogen-bond acceptors (Lipinski definition) is 2. The molecule has 2 rings (SSSR count). The van der Waals surface area contributed by atoms with Gasteiger partial charge in [0.15, 0.2) is 0 Å². The third kappa shape index (κ3) is 2.46. The molecule has 0 aliphatic carbocycles. The fourth-order valence-electron chi connectivity index (χ4n) is 2.98. The highest BCUT2D eigenvalue weighted by Gasteiger charge is 2.29. The first-order chi connectivity index (χ1) is 8.60. The van der Waals surface area contributed by atoms with E-state index in [1.807, 2.05) is 6.33 Å². The van der Waals surface area contributed by atoms with E-state index in [9.17, 15) is 0 Å². The Kier molecular flexibility index (Phi) is 4.10. The fourth-order valence-corrected chi connectivity index (χ4v) is 2.98. The number of nitrogens with zero attached hydrogens (tertiary/aromatic N) is 2. The van der Waals surface area contributed by atoms with Crippen LogP contribution < -0.4 is 5.32 Å². The average molecular weight is 249 g/mol. The maximum absolute atomic E-state index is 4.41. The van der Waals surface area contributed by atoms with Crippen LogP contribution in [-0.2, 0) is 5.54 Å². The van der Waals surface area contributed by atoms with Crippen LogP contribution in [0, 0.1) is 0 Å². The Labute approximate surface area is 111 Å². The minimum absolute atomic E-state index is 0.203. The molecule has 0 radical (unpaired) electrons. The summed E-state index contributed by atoms with van der Waals surface area (Å²) in [6.07, 6.45) is 10.2. The van der Waals surface area contributed by atoms with Gasteiger partial charge in [0.2, 0.25) is 0 Å². The van der Waals surface area contributed by atoms with Gasteiger partial charge in [0.05, 0.1) is 12.0 Å². The van der Waals surface area contributed by atoms with Crippen LogP contribution >= 0.6 is 0 Å². The summed E-state index contributed by atoms with van der Waals surface area (Å²) in [5.74, 6) is 0. The second kappa shape index (κ2) is 5.43. The Morgan fingerprint density at radius 2 is 2.11 bits per heavy atom. The molecule has 102 valence electrons. The molecular formula is C15H27N3. The van der Waals surface area contributed by atoms with E-state index in [1.165, 1.54) is 25.0 Å². The smallest absolute Gasteiger partial charge is 0.0953 e. The van der Waals surface area contributed by atoms with Gasteiger partial charge in [-0.1, -0.05) is 13.8 Å². The molecule has 3 heteroatoms. The normalized spacial score (nSPS) is 25.3. The number of piperidine rings is 1. The lowest BCUT2D eigenvalue weighted by Crippen LogP contribution is -2.38. The van der Waals surface area contributed by atoms with Gasteiger partial charge in [-0.15, -0.1) is 0 Å². The van der Waals surface area contributed by atoms with Crippen molar-refractivity contribution < 1.29 is 0 Å². The monoisotopic (exact) mass is 249 g/mol. The van der Waals surface area contributed by atoms with Gasteiger partial charge in [-0.05, 0) is 46.0 Å². The van der Waals surface area contributed by atoms with Gasteiger partial charge in [0.25, 0.3) is 0 Å². The predicted molar refractivity (Wildman–Crippen MR) is 75.6 cm³/mol. The molecule has 0 spiro atoms. The number of hydrogen-bond donors (Lipinski definition) is 1. The summed E-state index contributed by atoms with van der Waals surface area (Å²) >= 11 is 0. The average Bonchev–Trinajstić information content (AvgIpc) is 2.87. The van der Waals surface area contributed by atoms with Gasteiger partial charge < -0.3 is 9.88 Å². The van der Waals surface area contributed by atoms with Crippen LogP contribution in [0.25, 0.3) is 0 Å². The molecular weight excluding hydrogens is 222 g/mol. The highest BCUT2D eigenvalue weighted by molar-refractivity contribution is 5.10. The largest absolute Gasteiger partial charge is 0.327 e. The van der Waals surface area contributed by atoms with E-state index in [-0.39, 0.29) is 5.54 Å². The molecule has 0 bridgehead atoms. The number of aromatic nitrogens is 2. The molecule has 0 amide bonds. The van der Waals surface area contributed by atoms with Gasteiger partial charge in [-0.2, -0.15) is 0 Å². The zero-order valence-corrected chi connectivity index (χ0v) is 12.2. The minimum atomic E-state index is 0.203. The molecule has 1 fully saturated rings. The third-order valence-electron chi connectivity index (χ3n) is 4.74. The first kappa shape index (κ1) is 13.6. The van der Waals surface area contributed by atoms with Crippen molar-refractivity contribution in [2.45, 2.75) is 77.4 Å². The van der Waals surface area contributed by atoms with E-state index in [0.29, 0.717) is 12.1 Å². The Balaban J connectivity index is 2.27. The van der Waals surface area contributed by atoms with E-state index in [1.54, 1.807) is 0 Å². The maximum atomic E-state index is 4.41. The summed E-state index contributed by atoms with van der Waals surface area (Å²) < 4.78 is 2.41. The Hall–Kier alpha value is -0.830. The van der Waals surface area contributed by atoms with Crippen molar-refractivity contribution in [2.24, 2.45) is 0 Å². The van der Waals surface area contributed by atoms with Crippen molar-refractivity contribution in [3.05, 3.63) is 18.2 Å². The van der Waals surface area contributed by atoms with Gasteiger partial charge in [0, 0.05) is 23.8 Å². The van der Waals surface area contributed by atoms with Crippen molar-refractivity contribution in [1.29, 1.82) is 0 Å². The first-order valence-electron chi connectivity index (χ1n) is 7.39. The minimum Gasteiger partial charge on any atom is -0.327 e. The summed E-state index contributed by atoms with van der Waals surface area (Å²) in [4.78, 5) is 4.41. The molecule has 0 aromatic carbocycles. The quantitative estimate of drug-likeness (QED) is 0.883. The summed E-state index contributed by atoms with van der Waals surface area (Å²) in [6, 6.07) is 1.11. The van der Waals surface area contributed by atoms with Gasteiger partial charge in [-0.25, -0.2) is 4.98 Å². The second-order valence-corrected chi connectivity index (χ2v) is 5.94. The molecule has 1 N–H and O–H groups in total. The van der Waals surface area contributed by atoms with Crippen molar-refractivity contribution in [1.82, 2.24) is 14.9 Å². The zero-order chi connectivity index (χ0) is 13.2. The highest BCUT2D eigenvalue weighted by Crippen LogP contribution is 2.32. The summed E-state index contributed by atoms with van der Waals surface area (Å²) in [5, 5.41) is 3.72. The van der Waals surface area contributed by atoms with Crippen molar-refractivity contribution in [2.75, 3.05) is 0 Å². The van der Waals surface area contributed by atoms with Crippen molar-refractivity contribution in [3.63, 3.8) is 0 Å². The van der Waals surface area contributed by atoms with Crippen LogP contribution in [0.2, 0.25) is 0 Å². The molecule has 18 heavy (non-hydrogen) atoms. The van der Waals surface area contributed by atoms with E-state index in [4.69, 9.17) is 0 Å². The second-order valence-electron chi connectivity index (χ2n) is 5.94. The van der Waals surface area contributed by atoms with Crippen LogP contribution in [0.15, 0.2) is 12.5 Å². The maximum Gasteiger partial charge on any atom is 0.0953 e. The van der Waals surface area contributed by atoms with Crippen LogP contribution in [0.4, 0.5) is 0 Å². The standard InChI is InChI=1S/C15H27N3/c1-5-15(4,6-2)18-11-16-10-14(18)13-9-7-8-12(3)17-13/h10-13,17H,5-9H2,1-4H3. The SMILES string of the molecule is CCC(C)(CC)n1cncc1C1CCCC(C)N1. The summed E-state index contributed by atoms with van der Waals surface area (Å²) in [6.45, 7) is 9.16. The van der Waals surface area contributed by atoms with Crippen LogP contribution in [0.1, 0.15) is 71.5 Å². The van der Waals surface area contributed by atoms with Gasteiger partial charge in [-0.3, -0.25) is 0 Å². The molecule has 2 unspecified atom stereocenters. The molecule has 1 aromatic rings. The first-order valence-corrected chi connectivity index (χ1v) is 7.39. The summed E-state index contributed by atoms with van der Waals surface area (Å²) in [7, 11) is 0. The molecule has 1 aliphatic heterocycles. The third-order valence-corrected chi connectivity index (χ3v) is 4.74. The fraction of sp³-hybridized carbons (Fsp3) is 0.800. The van der Waals surface area contributed by atoms with Gasteiger partial charge in [0.1, 0.15) is 0 Å². The lowest BCUT2D eigenvalue weighted by Gasteiger charge is -2.35. The number of nitrogens with one attached hydrogen (secondary N) is 1. The van der Waals surface area contributed by atoms with Crippen LogP contribution in [0.3, 0.4) is 0 Å². The number of imidazole rings is 1. The Morgan fingerprint density at radius 3 is 2.72 bits per heavy atom. The van der Waals surface area contributed by atoms with E-state index in [2.05, 4.69) is 48.8 Å². The molecule has 2 heterocycles. The molecule has 1 saturated heterocycles. The summed E-state index contributed by atoms with van der Waals surface area (Å²) in [5.41, 5.74) is 1.57. The molecule has 0 saturated carbocycles. The predicted octanol–water partition coefficient (Wildman–Crippen LogP) is 3.62. The Bertz CT molecular complexity index is 379. The lowest BCUT2D eigenvalue weighted by molar-refractivity contribution is 0.260. The van der Waals surface area contributed by atoms with Crippen LogP contribution in [0.5, 0.6) is 0 Å². The van der Waals surface area contributed by atoms with E-state index < -0.39 is 0 Å². The zero-order valence-electron chi connectivity index (χ0n) is 12.2. The van der Waals surface area contributed by atoms with E-state index >= 15 is 0 Å². The molecule has 1 aliphatic rings. The van der Waals surface area contributed by atoms with Crippen molar-refractivity contribution in [3.8, 4) is 0 Å².